The third-order valence-corrected chi connectivity index (χ3v) is 1.64. The zero-order valence-electron chi connectivity index (χ0n) is 6.33. The average Bonchev–Trinajstić information content (AvgIpc) is 1.82. The third-order valence-electron chi connectivity index (χ3n) is 0.893. The van der Waals surface area contributed by atoms with Gasteiger partial charge in [-0.05, 0) is 0 Å². The van der Waals surface area contributed by atoms with Crippen molar-refractivity contribution in [1.82, 2.24) is 9.25 Å². The molecule has 0 saturated heterocycles. The second-order valence-electron chi connectivity index (χ2n) is 2.77. The summed E-state index contributed by atoms with van der Waals surface area (Å²) >= 11 is 13.1. The first-order valence-corrected chi connectivity index (χ1v) is 4.19. The monoisotopic (exact) mass is 210 g/mol. The van der Waals surface area contributed by atoms with Crippen molar-refractivity contribution in [2.24, 2.45) is 0 Å². The van der Waals surface area contributed by atoms with Crippen LogP contribution in [0.1, 0.15) is 20.3 Å². The molecule has 0 bridgehead atoms. The van der Waals surface area contributed by atoms with Crippen molar-refractivity contribution in [1.29, 1.82) is 0 Å². The van der Waals surface area contributed by atoms with Crippen LogP contribution >= 0.6 is 12.6 Å². The van der Waals surface area contributed by atoms with Gasteiger partial charge in [0.1, 0.15) is 0 Å². The molecule has 0 fully saturated rings. The lowest BCUT2D eigenvalue weighted by atomic mass is 10.1. The van der Waals surface area contributed by atoms with Crippen molar-refractivity contribution < 1.29 is 4.79 Å². The summed E-state index contributed by atoms with van der Waals surface area (Å²) in [6.45, 7) is 3.67. The van der Waals surface area contributed by atoms with Crippen LogP contribution in [0.4, 0.5) is 0 Å². The Kier molecular flexibility index (Phi) is 4.69. The summed E-state index contributed by atoms with van der Waals surface area (Å²) in [6.07, 6.45) is 0.267. The number of hydrogen-bond acceptors (Lipinski definition) is 5. The molecule has 1 amide bonds. The molecule has 11 heavy (non-hydrogen) atoms. The number of thiol groups is 1. The predicted molar refractivity (Wildman–Crippen MR) is 52.4 cm³/mol. The smallest absolute Gasteiger partial charge is 0.214 e. The molecule has 0 saturated carbocycles. The topological polar surface area (TPSA) is 32.3 Å². The molecular formula is C5H10N2OS3-2. The van der Waals surface area contributed by atoms with Gasteiger partial charge in [-0.2, -0.15) is 12.6 Å². The Bertz CT molecular complexity index is 145. The first kappa shape index (κ1) is 11.5. The molecule has 0 atom stereocenters. The molecule has 0 aromatic heterocycles. The number of hydrogen-bond donors (Lipinski definition) is 2. The van der Waals surface area contributed by atoms with Gasteiger partial charge < -0.3 is 34.9 Å². The number of carbonyl (C=O) groups excluding carboxylic acids is 1. The van der Waals surface area contributed by atoms with E-state index in [1.165, 1.54) is 0 Å². The Balaban J connectivity index is 3.88. The summed E-state index contributed by atoms with van der Waals surface area (Å²) in [7, 11) is 0. The van der Waals surface area contributed by atoms with Crippen molar-refractivity contribution in [3.8, 4) is 0 Å². The second kappa shape index (κ2) is 4.49. The van der Waals surface area contributed by atoms with Crippen LogP contribution in [0.25, 0.3) is 0 Å². The van der Waals surface area contributed by atoms with Crippen molar-refractivity contribution in [2.45, 2.75) is 25.0 Å². The molecule has 3 nitrogen and oxygen atoms in total. The lowest BCUT2D eigenvalue weighted by molar-refractivity contribution is -0.127. The van der Waals surface area contributed by atoms with Crippen molar-refractivity contribution in [2.75, 3.05) is 0 Å². The van der Waals surface area contributed by atoms with Gasteiger partial charge in [0.2, 0.25) is 5.91 Å². The number of nitrogens with one attached hydrogen (secondary N) is 1. The van der Waals surface area contributed by atoms with E-state index in [2.05, 4.69) is 43.1 Å². The van der Waals surface area contributed by atoms with Crippen LogP contribution in [0.3, 0.4) is 0 Å². The normalized spacial score (nSPS) is 11.4. The fraction of sp³-hybridized carbons (Fsp3) is 0.800. The standard InChI is InChI=1S/C5H10N2OS3/c1-5(2,9)3-4(8)7(11)6-10/h6,9H,3H2,1-2H3/q-2. The van der Waals surface area contributed by atoms with Crippen molar-refractivity contribution in [3.63, 3.8) is 0 Å². The molecule has 1 N–H and O–H groups in total. The summed E-state index contributed by atoms with van der Waals surface area (Å²) in [6, 6.07) is 0. The number of amides is 1. The van der Waals surface area contributed by atoms with Gasteiger partial charge in [0.05, 0.1) is 0 Å². The minimum absolute atomic E-state index is 0.241. The predicted octanol–water partition coefficient (Wildman–Crippen LogP) is 0.342. The fourth-order valence-electron chi connectivity index (χ4n) is 0.493. The number of nitrogens with zero attached hydrogens (tertiary/aromatic N) is 1. The Hall–Kier alpha value is 0.480. The summed E-state index contributed by atoms with van der Waals surface area (Å²) in [5.41, 5.74) is 0. The van der Waals surface area contributed by atoms with E-state index < -0.39 is 0 Å². The fourth-order valence-corrected chi connectivity index (χ4v) is 0.794. The molecule has 0 unspecified atom stereocenters. The Labute approximate surface area is 83.4 Å². The van der Waals surface area contributed by atoms with Crippen LogP contribution in [0.2, 0.25) is 0 Å². The van der Waals surface area contributed by atoms with E-state index in [4.69, 9.17) is 0 Å². The van der Waals surface area contributed by atoms with Crippen molar-refractivity contribution >= 4 is 44.2 Å². The van der Waals surface area contributed by atoms with Gasteiger partial charge in [0, 0.05) is 11.2 Å². The molecule has 0 aliphatic carbocycles. The highest BCUT2D eigenvalue weighted by molar-refractivity contribution is 7.81. The molecule has 0 aromatic carbocycles. The molecule has 66 valence electrons. The number of hydrazine groups is 1. The molecule has 0 aliphatic rings. The summed E-state index contributed by atoms with van der Waals surface area (Å²) in [5, 5.41) is 0. The highest BCUT2D eigenvalue weighted by atomic mass is 32.1. The zero-order chi connectivity index (χ0) is 9.07. The Morgan fingerprint density at radius 2 is 2.18 bits per heavy atom. The van der Waals surface area contributed by atoms with E-state index in [9.17, 15) is 4.79 Å². The van der Waals surface area contributed by atoms with E-state index in [1.807, 2.05) is 13.8 Å². The van der Waals surface area contributed by atoms with E-state index in [1.54, 1.807) is 0 Å². The second-order valence-corrected chi connectivity index (χ2v) is 4.53. The lowest BCUT2D eigenvalue weighted by Crippen LogP contribution is -2.37. The van der Waals surface area contributed by atoms with E-state index in [0.29, 0.717) is 0 Å². The van der Waals surface area contributed by atoms with Crippen LogP contribution in [-0.2, 0) is 30.4 Å². The van der Waals surface area contributed by atoms with Crippen LogP contribution in [0.5, 0.6) is 0 Å². The first-order valence-electron chi connectivity index (χ1n) is 2.97. The third kappa shape index (κ3) is 5.72. The maximum absolute atomic E-state index is 11.0. The van der Waals surface area contributed by atoms with Gasteiger partial charge in [-0.3, -0.25) is 4.79 Å². The molecule has 0 heterocycles. The molecule has 0 radical (unpaired) electrons. The van der Waals surface area contributed by atoms with Crippen LogP contribution < -0.4 is 4.83 Å². The minimum Gasteiger partial charge on any atom is -0.683 e. The van der Waals surface area contributed by atoms with Gasteiger partial charge in [-0.1, -0.05) is 13.8 Å². The van der Waals surface area contributed by atoms with Crippen molar-refractivity contribution in [3.05, 3.63) is 0 Å². The molecule has 0 rings (SSSR count). The van der Waals surface area contributed by atoms with E-state index in [0.717, 1.165) is 4.41 Å². The van der Waals surface area contributed by atoms with Crippen LogP contribution in [-0.4, -0.2) is 15.1 Å². The summed E-state index contributed by atoms with van der Waals surface area (Å²) in [4.78, 5) is 13.2. The van der Waals surface area contributed by atoms with Crippen LogP contribution in [0, 0.1) is 0 Å². The summed E-state index contributed by atoms with van der Waals surface area (Å²) < 4.78 is 0.508. The maximum Gasteiger partial charge on any atom is 0.214 e. The van der Waals surface area contributed by atoms with Gasteiger partial charge in [0.25, 0.3) is 0 Å². The first-order chi connectivity index (χ1) is 4.87. The van der Waals surface area contributed by atoms with Gasteiger partial charge in [-0.25, -0.2) is 0 Å². The highest BCUT2D eigenvalue weighted by Crippen LogP contribution is 2.17. The Morgan fingerprint density at radius 1 is 1.73 bits per heavy atom. The number of carbonyl (C=O) groups is 1. The average molecular weight is 210 g/mol. The molecule has 0 aromatic rings. The minimum atomic E-state index is -0.347. The van der Waals surface area contributed by atoms with Gasteiger partial charge in [-0.15, -0.1) is 0 Å². The Morgan fingerprint density at radius 3 is 2.45 bits per heavy atom. The van der Waals surface area contributed by atoms with Crippen LogP contribution in [0.15, 0.2) is 0 Å². The van der Waals surface area contributed by atoms with Gasteiger partial charge in [0.15, 0.2) is 0 Å². The van der Waals surface area contributed by atoms with E-state index >= 15 is 0 Å². The lowest BCUT2D eigenvalue weighted by Gasteiger charge is -2.36. The zero-order valence-corrected chi connectivity index (χ0v) is 8.85. The van der Waals surface area contributed by atoms with Gasteiger partial charge >= 0.3 is 0 Å². The largest absolute Gasteiger partial charge is 0.683 e. The highest BCUT2D eigenvalue weighted by Gasteiger charge is 2.16. The molecule has 6 heteroatoms. The maximum atomic E-state index is 11.0. The molecule has 0 spiro atoms. The van der Waals surface area contributed by atoms with E-state index in [-0.39, 0.29) is 17.1 Å². The molecule has 0 aliphatic heterocycles. The number of rotatable bonds is 3. The SMILES string of the molecule is CC(C)(S)CC(=O)N([S-])N[S-]. The summed E-state index contributed by atoms with van der Waals surface area (Å²) in [5.74, 6) is -0.241. The quantitative estimate of drug-likeness (QED) is 0.400. The molecular weight excluding hydrogens is 200 g/mol.